The van der Waals surface area contributed by atoms with Crippen molar-refractivity contribution in [2.75, 3.05) is 26.2 Å². The summed E-state index contributed by atoms with van der Waals surface area (Å²) in [5, 5.41) is 3.74. The SMILES string of the molecule is CCC(=O)N1CCC(CC(=O)N2CCC([C@@H]3c4c(Br)cc(C)cc4CCC4=CC(Br)=CNC43)CC2)CC1. The van der Waals surface area contributed by atoms with Gasteiger partial charge in [-0.1, -0.05) is 28.9 Å². The number of allylic oxidation sites excluding steroid dienone is 2. The molecular formula is C30H39Br2N3O2. The lowest BCUT2D eigenvalue weighted by Crippen LogP contribution is -2.45. The number of carbonyl (C=O) groups excluding carboxylic acids is 2. The smallest absolute Gasteiger partial charge is 0.222 e. The predicted octanol–water partition coefficient (Wildman–Crippen LogP) is 6.20. The Morgan fingerprint density at radius 2 is 1.65 bits per heavy atom. The molecule has 5 rings (SSSR count). The van der Waals surface area contributed by atoms with Crippen LogP contribution in [0.5, 0.6) is 0 Å². The second kappa shape index (κ2) is 11.6. The molecule has 0 saturated carbocycles. The Labute approximate surface area is 238 Å². The fourth-order valence-corrected chi connectivity index (χ4v) is 8.31. The molecule has 1 aromatic carbocycles. The number of likely N-dealkylation sites (tertiary alicyclic amines) is 2. The predicted molar refractivity (Wildman–Crippen MR) is 155 cm³/mol. The fourth-order valence-electron chi connectivity index (χ4n) is 7.00. The van der Waals surface area contributed by atoms with Crippen molar-refractivity contribution in [2.24, 2.45) is 11.8 Å². The number of nitrogens with one attached hydrogen (secondary N) is 1. The number of fused-ring (bicyclic) bond motifs is 2. The van der Waals surface area contributed by atoms with Crippen molar-refractivity contribution in [3.05, 3.63) is 55.6 Å². The molecule has 2 fully saturated rings. The molecule has 0 spiro atoms. The molecule has 2 atom stereocenters. The van der Waals surface area contributed by atoms with Crippen LogP contribution in [0, 0.1) is 18.8 Å². The minimum atomic E-state index is 0.238. The highest BCUT2D eigenvalue weighted by Gasteiger charge is 2.40. The molecule has 200 valence electrons. The van der Waals surface area contributed by atoms with E-state index < -0.39 is 0 Å². The minimum absolute atomic E-state index is 0.238. The number of piperidine rings is 2. The van der Waals surface area contributed by atoms with Crippen LogP contribution in [0.4, 0.5) is 0 Å². The van der Waals surface area contributed by atoms with E-state index in [1.54, 1.807) is 0 Å². The van der Waals surface area contributed by atoms with Crippen molar-refractivity contribution in [3.8, 4) is 0 Å². The maximum Gasteiger partial charge on any atom is 0.222 e. The number of hydrogen-bond donors (Lipinski definition) is 1. The lowest BCUT2D eigenvalue weighted by Gasteiger charge is -2.41. The molecule has 3 heterocycles. The molecule has 7 heteroatoms. The number of aryl methyl sites for hydroxylation is 2. The molecule has 2 amide bonds. The zero-order chi connectivity index (χ0) is 26.1. The average molecular weight is 633 g/mol. The quantitative estimate of drug-likeness (QED) is 0.430. The first-order valence-corrected chi connectivity index (χ1v) is 15.6. The Kier molecular flexibility index (Phi) is 8.49. The maximum absolute atomic E-state index is 13.2. The van der Waals surface area contributed by atoms with E-state index in [2.05, 4.69) is 73.4 Å². The zero-order valence-corrected chi connectivity index (χ0v) is 25.2. The summed E-state index contributed by atoms with van der Waals surface area (Å²) in [5.41, 5.74) is 5.72. The lowest BCUT2D eigenvalue weighted by atomic mass is 9.73. The van der Waals surface area contributed by atoms with Crippen molar-refractivity contribution in [1.82, 2.24) is 15.1 Å². The summed E-state index contributed by atoms with van der Waals surface area (Å²) >= 11 is 7.63. The second-order valence-corrected chi connectivity index (χ2v) is 13.1. The number of amides is 2. The van der Waals surface area contributed by atoms with E-state index in [0.717, 1.165) is 69.2 Å². The van der Waals surface area contributed by atoms with Crippen molar-refractivity contribution in [3.63, 3.8) is 0 Å². The molecule has 2 saturated heterocycles. The Morgan fingerprint density at radius 1 is 0.973 bits per heavy atom. The van der Waals surface area contributed by atoms with Crippen molar-refractivity contribution < 1.29 is 9.59 Å². The van der Waals surface area contributed by atoms with Crippen molar-refractivity contribution in [2.45, 2.75) is 77.2 Å². The molecule has 1 aliphatic carbocycles. The van der Waals surface area contributed by atoms with E-state index in [1.807, 2.05) is 11.8 Å². The van der Waals surface area contributed by atoms with E-state index in [9.17, 15) is 9.59 Å². The van der Waals surface area contributed by atoms with Gasteiger partial charge < -0.3 is 15.1 Å². The Hall–Kier alpha value is -1.60. The molecule has 0 bridgehead atoms. The summed E-state index contributed by atoms with van der Waals surface area (Å²) in [6.07, 6.45) is 11.7. The first-order valence-electron chi connectivity index (χ1n) is 14.0. The summed E-state index contributed by atoms with van der Waals surface area (Å²) < 4.78 is 2.35. The van der Waals surface area contributed by atoms with Gasteiger partial charge in [-0.3, -0.25) is 9.59 Å². The van der Waals surface area contributed by atoms with Gasteiger partial charge in [-0.05, 0) is 108 Å². The molecule has 37 heavy (non-hydrogen) atoms. The van der Waals surface area contributed by atoms with Crippen LogP contribution in [0.1, 0.15) is 74.5 Å². The summed E-state index contributed by atoms with van der Waals surface area (Å²) in [5.74, 6) is 1.85. The highest BCUT2D eigenvalue weighted by Crippen LogP contribution is 2.46. The maximum atomic E-state index is 13.2. The minimum Gasteiger partial charge on any atom is -0.383 e. The zero-order valence-electron chi connectivity index (χ0n) is 22.1. The van der Waals surface area contributed by atoms with Crippen LogP contribution in [0.3, 0.4) is 0 Å². The molecule has 4 aliphatic rings. The van der Waals surface area contributed by atoms with Gasteiger partial charge >= 0.3 is 0 Å². The lowest BCUT2D eigenvalue weighted by molar-refractivity contribution is -0.135. The third kappa shape index (κ3) is 5.88. The van der Waals surface area contributed by atoms with Gasteiger partial charge in [0.2, 0.25) is 11.8 Å². The number of nitrogens with zero attached hydrogens (tertiary/aromatic N) is 2. The van der Waals surface area contributed by atoms with Gasteiger partial charge in [0.25, 0.3) is 0 Å². The summed E-state index contributed by atoms with van der Waals surface area (Å²) in [7, 11) is 0. The van der Waals surface area contributed by atoms with Crippen molar-refractivity contribution in [1.29, 1.82) is 0 Å². The molecular weight excluding hydrogens is 594 g/mol. The number of dihydropyridines is 1. The van der Waals surface area contributed by atoms with Gasteiger partial charge in [0.1, 0.15) is 0 Å². The van der Waals surface area contributed by atoms with E-state index in [4.69, 9.17) is 0 Å². The third-order valence-electron chi connectivity index (χ3n) is 8.99. The van der Waals surface area contributed by atoms with Gasteiger partial charge in [0.05, 0.1) is 6.04 Å². The van der Waals surface area contributed by atoms with E-state index >= 15 is 0 Å². The Balaban J connectivity index is 1.26. The van der Waals surface area contributed by atoms with E-state index in [1.165, 1.54) is 26.7 Å². The molecule has 0 radical (unpaired) electrons. The van der Waals surface area contributed by atoms with Crippen LogP contribution in [-0.2, 0) is 16.0 Å². The largest absolute Gasteiger partial charge is 0.383 e. The van der Waals surface area contributed by atoms with Crippen LogP contribution in [0.25, 0.3) is 0 Å². The van der Waals surface area contributed by atoms with Crippen LogP contribution < -0.4 is 5.32 Å². The number of rotatable bonds is 4. The van der Waals surface area contributed by atoms with Gasteiger partial charge in [-0.25, -0.2) is 0 Å². The monoisotopic (exact) mass is 631 g/mol. The first kappa shape index (κ1) is 27.0. The van der Waals surface area contributed by atoms with Crippen LogP contribution >= 0.6 is 31.9 Å². The van der Waals surface area contributed by atoms with Gasteiger partial charge in [-0.2, -0.15) is 0 Å². The normalized spacial score (nSPS) is 24.9. The molecule has 3 aliphatic heterocycles. The average Bonchev–Trinajstić information content (AvgIpc) is 3.05. The number of hydrogen-bond acceptors (Lipinski definition) is 3. The highest BCUT2D eigenvalue weighted by molar-refractivity contribution is 9.12. The van der Waals surface area contributed by atoms with E-state index in [0.29, 0.717) is 42.5 Å². The van der Waals surface area contributed by atoms with Gasteiger partial charge in [0, 0.05) is 60.1 Å². The standard InChI is InChI=1S/C30H39Br2N3O2/c1-3-26(36)34-10-6-20(7-11-34)16-27(37)35-12-8-21(9-13-35)29-28-22(14-19(2)15-25(28)32)4-5-23-17-24(31)18-33-30(23)29/h14-15,17-18,20-21,29-30,33H,3-13,16H2,1-2H3/t29-,30?/m1/s1. The molecule has 5 nitrogen and oxygen atoms in total. The second-order valence-electron chi connectivity index (χ2n) is 11.3. The van der Waals surface area contributed by atoms with Gasteiger partial charge in [-0.15, -0.1) is 0 Å². The van der Waals surface area contributed by atoms with Gasteiger partial charge in [0.15, 0.2) is 0 Å². The molecule has 0 aromatic heterocycles. The Bertz CT molecular complexity index is 1100. The summed E-state index contributed by atoms with van der Waals surface area (Å²) in [6.45, 7) is 7.40. The van der Waals surface area contributed by atoms with E-state index in [-0.39, 0.29) is 5.91 Å². The van der Waals surface area contributed by atoms with Crippen LogP contribution in [0.2, 0.25) is 0 Å². The number of carbonyl (C=O) groups is 2. The molecule has 1 N–H and O–H groups in total. The highest BCUT2D eigenvalue weighted by atomic mass is 79.9. The Morgan fingerprint density at radius 3 is 2.35 bits per heavy atom. The summed E-state index contributed by atoms with van der Waals surface area (Å²) in [6, 6.07) is 4.95. The molecule has 1 unspecified atom stereocenters. The van der Waals surface area contributed by atoms with Crippen molar-refractivity contribution >= 4 is 43.7 Å². The third-order valence-corrected chi connectivity index (χ3v) is 10.1. The first-order chi connectivity index (χ1) is 17.8. The topological polar surface area (TPSA) is 52.7 Å². The number of benzene rings is 1. The number of halogens is 2. The fraction of sp³-hybridized carbons (Fsp3) is 0.600. The summed E-state index contributed by atoms with van der Waals surface area (Å²) in [4.78, 5) is 29.3. The van der Waals surface area contributed by atoms with Crippen LogP contribution in [-0.4, -0.2) is 53.8 Å². The molecule has 1 aromatic rings. The van der Waals surface area contributed by atoms with Crippen LogP contribution in [0.15, 0.2) is 38.9 Å².